The summed E-state index contributed by atoms with van der Waals surface area (Å²) in [6.45, 7) is 0. The van der Waals surface area contributed by atoms with E-state index >= 15 is 0 Å². The monoisotopic (exact) mass is 928 g/mol. The van der Waals surface area contributed by atoms with Crippen molar-refractivity contribution < 1.29 is 0 Å². The number of para-hydroxylation sites is 2. The number of hydrogen-bond acceptors (Lipinski definition) is 3. The minimum absolute atomic E-state index is 1.09. The van der Waals surface area contributed by atoms with E-state index in [-0.39, 0.29) is 0 Å². The Balaban J connectivity index is 1.11. The van der Waals surface area contributed by atoms with Gasteiger partial charge in [-0.05, 0) is 102 Å². The molecule has 10 aromatic carbocycles. The summed E-state index contributed by atoms with van der Waals surface area (Å²) in [5, 5.41) is 19.9. The molecule has 70 heavy (non-hydrogen) atoms. The third kappa shape index (κ3) is 6.42. The quantitative estimate of drug-likeness (QED) is 0.100. The molecule has 0 atom stereocenters. The van der Waals surface area contributed by atoms with Crippen LogP contribution in [0.3, 0.4) is 0 Å². The van der Waals surface area contributed by atoms with Crippen LogP contribution in [0.15, 0.2) is 291 Å². The van der Waals surface area contributed by atoms with Crippen LogP contribution in [0, 0.1) is 0 Å². The number of benzene rings is 10. The lowest BCUT2D eigenvalue weighted by molar-refractivity contribution is 0.408. The molecule has 3 heterocycles. The van der Waals surface area contributed by atoms with Gasteiger partial charge in [-0.2, -0.15) is 5.12 Å². The maximum Gasteiger partial charge on any atom is 0.179 e. The van der Waals surface area contributed by atoms with E-state index in [1.165, 1.54) is 57.8 Å². The lowest BCUT2D eigenvalue weighted by Crippen LogP contribution is -2.74. The van der Waals surface area contributed by atoms with Gasteiger partial charge in [0.05, 0.1) is 28.1 Å². The summed E-state index contributed by atoms with van der Waals surface area (Å²) in [6, 6.07) is 100. The summed E-state index contributed by atoms with van der Waals surface area (Å²) >= 11 is 0. The SMILES string of the molecule is C1=CN2c3ccccc3N(c3ccc4c(c3)c3ccc([Si](c5ccccc5)(c5ccccc5)c5ccccc5)cc3n4-c3cccc([Si](c4ccccc4)(c4ccccc4)c4ccccc4)c3)N2C=C1. The second-order valence-electron chi connectivity index (χ2n) is 18.2. The molecule has 0 bridgehead atoms. The van der Waals surface area contributed by atoms with Crippen LogP contribution in [-0.2, 0) is 0 Å². The molecule has 13 rings (SSSR count). The van der Waals surface area contributed by atoms with Crippen LogP contribution in [0.25, 0.3) is 27.5 Å². The van der Waals surface area contributed by atoms with Crippen molar-refractivity contribution in [3.63, 3.8) is 0 Å². The van der Waals surface area contributed by atoms with E-state index in [1.54, 1.807) is 0 Å². The molecule has 0 saturated heterocycles. The molecule has 6 heteroatoms. The fraction of sp³-hybridized carbons (Fsp3) is 0. The van der Waals surface area contributed by atoms with Gasteiger partial charge in [0.25, 0.3) is 0 Å². The summed E-state index contributed by atoms with van der Waals surface area (Å²) < 4.78 is 2.55. The molecule has 0 saturated carbocycles. The lowest BCUT2D eigenvalue weighted by Gasteiger charge is -2.35. The molecule has 0 radical (unpaired) electrons. The summed E-state index contributed by atoms with van der Waals surface area (Å²) in [6.07, 6.45) is 8.45. The first-order valence-electron chi connectivity index (χ1n) is 24.1. The number of hydrogen-bond donors (Lipinski definition) is 0. The largest absolute Gasteiger partial charge is 0.309 e. The van der Waals surface area contributed by atoms with Gasteiger partial charge >= 0.3 is 0 Å². The van der Waals surface area contributed by atoms with Gasteiger partial charge in [0.1, 0.15) is 0 Å². The van der Waals surface area contributed by atoms with Crippen molar-refractivity contribution in [1.29, 1.82) is 0 Å². The van der Waals surface area contributed by atoms with Crippen LogP contribution in [0.5, 0.6) is 0 Å². The number of anilines is 3. The van der Waals surface area contributed by atoms with Crippen LogP contribution in [0.2, 0.25) is 0 Å². The van der Waals surface area contributed by atoms with E-state index < -0.39 is 16.1 Å². The first-order valence-corrected chi connectivity index (χ1v) is 28.1. The van der Waals surface area contributed by atoms with Crippen molar-refractivity contribution in [3.05, 3.63) is 291 Å². The first kappa shape index (κ1) is 41.5. The molecule has 0 N–H and O–H groups in total. The van der Waals surface area contributed by atoms with Crippen molar-refractivity contribution in [2.75, 3.05) is 10.0 Å². The molecule has 0 unspecified atom stereocenters. The predicted octanol–water partition coefficient (Wildman–Crippen LogP) is 9.67. The van der Waals surface area contributed by atoms with Crippen LogP contribution < -0.4 is 51.5 Å². The smallest absolute Gasteiger partial charge is 0.179 e. The van der Waals surface area contributed by atoms with Crippen LogP contribution in [0.1, 0.15) is 0 Å². The maximum atomic E-state index is 2.55. The molecule has 1 aromatic heterocycles. The minimum atomic E-state index is -2.90. The molecule has 0 fully saturated rings. The minimum Gasteiger partial charge on any atom is -0.309 e. The molecule has 2 aliphatic rings. The highest BCUT2D eigenvalue weighted by atomic mass is 28.3. The van der Waals surface area contributed by atoms with Gasteiger partial charge in [-0.1, -0.05) is 218 Å². The van der Waals surface area contributed by atoms with E-state index in [2.05, 4.69) is 311 Å². The van der Waals surface area contributed by atoms with Crippen LogP contribution in [-0.4, -0.2) is 25.8 Å². The Labute approximate surface area is 411 Å². The number of rotatable bonds is 10. The molecular weight excluding hydrogens is 881 g/mol. The van der Waals surface area contributed by atoms with Gasteiger partial charge in [-0.25, -0.2) is 10.0 Å². The van der Waals surface area contributed by atoms with Crippen molar-refractivity contribution >= 4 is 96.5 Å². The predicted molar refractivity (Wildman–Crippen MR) is 299 cm³/mol. The molecule has 0 aliphatic carbocycles. The zero-order chi connectivity index (χ0) is 46.5. The highest BCUT2D eigenvalue weighted by molar-refractivity contribution is 7.20. The summed E-state index contributed by atoms with van der Waals surface area (Å²) in [4.78, 5) is 0. The third-order valence-corrected chi connectivity index (χ3v) is 24.1. The Kier molecular flexibility index (Phi) is 10.2. The van der Waals surface area contributed by atoms with Gasteiger partial charge in [0.15, 0.2) is 16.1 Å². The maximum absolute atomic E-state index is 2.90. The van der Waals surface area contributed by atoms with Crippen molar-refractivity contribution in [2.45, 2.75) is 0 Å². The Bertz CT molecular complexity index is 3530. The van der Waals surface area contributed by atoms with E-state index in [4.69, 9.17) is 0 Å². The molecule has 332 valence electrons. The molecule has 0 spiro atoms. The second-order valence-corrected chi connectivity index (χ2v) is 25.8. The topological polar surface area (TPSA) is 14.7 Å². The molecule has 0 amide bonds. The van der Waals surface area contributed by atoms with Crippen LogP contribution in [0.4, 0.5) is 17.1 Å². The molecule has 2 aliphatic heterocycles. The Morgan fingerprint density at radius 1 is 0.271 bits per heavy atom. The van der Waals surface area contributed by atoms with Crippen LogP contribution >= 0.6 is 0 Å². The van der Waals surface area contributed by atoms with Gasteiger partial charge in [0, 0.05) is 28.9 Å². The lowest BCUT2D eigenvalue weighted by atomic mass is 10.1. The average Bonchev–Trinajstić information content (AvgIpc) is 3.95. The normalized spacial score (nSPS) is 13.2. The second kappa shape index (κ2) is 17.1. The number of allylic oxidation sites excluding steroid dienone is 2. The van der Waals surface area contributed by atoms with E-state index in [1.807, 2.05) is 0 Å². The van der Waals surface area contributed by atoms with E-state index in [0.29, 0.717) is 0 Å². The molecule has 11 aromatic rings. The van der Waals surface area contributed by atoms with Crippen molar-refractivity contribution in [2.24, 2.45) is 0 Å². The van der Waals surface area contributed by atoms with Gasteiger partial charge in [0.2, 0.25) is 0 Å². The average molecular weight is 929 g/mol. The van der Waals surface area contributed by atoms with Gasteiger partial charge < -0.3 is 4.57 Å². The van der Waals surface area contributed by atoms with Gasteiger partial charge in [-0.15, -0.1) is 0 Å². The highest BCUT2D eigenvalue weighted by Gasteiger charge is 2.43. The van der Waals surface area contributed by atoms with Crippen molar-refractivity contribution in [3.8, 4) is 5.69 Å². The number of nitrogens with zero attached hydrogens (tertiary/aromatic N) is 4. The zero-order valence-corrected chi connectivity index (χ0v) is 40.5. The number of aromatic nitrogens is 1. The number of fused-ring (bicyclic) bond motifs is 6. The van der Waals surface area contributed by atoms with Gasteiger partial charge in [-0.3, -0.25) is 0 Å². The fourth-order valence-corrected chi connectivity index (χ4v) is 21.2. The number of hydrazine groups is 2. The first-order chi connectivity index (χ1) is 34.7. The Hall–Kier alpha value is -8.69. The van der Waals surface area contributed by atoms with E-state index in [9.17, 15) is 0 Å². The van der Waals surface area contributed by atoms with Crippen molar-refractivity contribution in [1.82, 2.24) is 9.69 Å². The summed E-state index contributed by atoms with van der Waals surface area (Å²) in [7, 11) is -5.76. The Morgan fingerprint density at radius 2 is 0.714 bits per heavy atom. The Morgan fingerprint density at radius 3 is 1.23 bits per heavy atom. The standard InChI is InChI=1S/C64H48N4Si2/c1-7-25-51(26-8-1)69(52-27-9-2-10-28-52,53-29-11-3-12-30-53)57-37-23-24-49(46-57)67-61-43-40-50(68-63-39-20-19-38-62(63)65-44-21-22-45-66(65)68)47-60(61)59-42-41-58(48-64(59)67)70(54-31-13-4-14-32-54,55-33-15-5-16-34-55)56-35-17-6-18-36-56/h1-48H. The third-order valence-electron chi connectivity index (χ3n) is 14.5. The van der Waals surface area contributed by atoms with E-state index in [0.717, 1.165) is 28.3 Å². The highest BCUT2D eigenvalue weighted by Crippen LogP contribution is 2.46. The molecule has 4 nitrogen and oxygen atoms in total. The summed E-state index contributed by atoms with van der Waals surface area (Å²) in [5.41, 5.74) is 6.82. The fourth-order valence-electron chi connectivity index (χ4n) is 11.6. The zero-order valence-electron chi connectivity index (χ0n) is 38.5. The molecular formula is C64H48N4Si2. The summed E-state index contributed by atoms with van der Waals surface area (Å²) in [5.74, 6) is 0.